The average Bonchev–Trinajstić information content (AvgIpc) is 2.71. The van der Waals surface area contributed by atoms with Crippen molar-refractivity contribution in [1.29, 1.82) is 0 Å². The Morgan fingerprint density at radius 2 is 1.59 bits per heavy atom. The zero-order chi connectivity index (χ0) is 21.6. The van der Waals surface area contributed by atoms with Crippen LogP contribution in [0.3, 0.4) is 0 Å². The molecule has 0 aliphatic rings. The fourth-order valence-electron chi connectivity index (χ4n) is 3.39. The van der Waals surface area contributed by atoms with Crippen LogP contribution in [0.4, 0.5) is 0 Å². The second-order valence-corrected chi connectivity index (χ2v) is 7.50. The summed E-state index contributed by atoms with van der Waals surface area (Å²) >= 11 is 0. The Balaban J connectivity index is 2.19. The number of rotatable bonds is 9. The van der Waals surface area contributed by atoms with E-state index < -0.39 is 6.10 Å². The van der Waals surface area contributed by atoms with E-state index in [1.54, 1.807) is 20.3 Å². The number of methoxy groups -OCH3 is 2. The molecule has 0 aliphatic heterocycles. The molecule has 0 heterocycles. The number of hydrogen-bond acceptors (Lipinski definition) is 4. The number of carbonyl (C=O) groups excluding carboxylic acids is 1. The van der Waals surface area contributed by atoms with Crippen LogP contribution in [0.2, 0.25) is 0 Å². The van der Waals surface area contributed by atoms with Crippen molar-refractivity contribution in [3.63, 3.8) is 0 Å². The van der Waals surface area contributed by atoms with Crippen molar-refractivity contribution in [2.45, 2.75) is 59.1 Å². The molecule has 1 amide bonds. The van der Waals surface area contributed by atoms with Crippen molar-refractivity contribution in [2.75, 3.05) is 14.2 Å². The molecule has 0 saturated heterocycles. The van der Waals surface area contributed by atoms with Gasteiger partial charge in [0, 0.05) is 0 Å². The largest absolute Gasteiger partial charge is 0.496 e. The van der Waals surface area contributed by atoms with Crippen LogP contribution < -0.4 is 19.5 Å². The highest BCUT2D eigenvalue weighted by Crippen LogP contribution is 2.32. The smallest absolute Gasteiger partial charge is 0.261 e. The molecule has 1 N–H and O–H groups in total. The van der Waals surface area contributed by atoms with E-state index in [1.807, 2.05) is 45.0 Å². The van der Waals surface area contributed by atoms with Gasteiger partial charge in [0.05, 0.1) is 20.3 Å². The molecule has 5 heteroatoms. The summed E-state index contributed by atoms with van der Waals surface area (Å²) in [6.45, 7) is 10.2. The molecule has 2 aromatic rings. The Labute approximate surface area is 174 Å². The minimum Gasteiger partial charge on any atom is -0.496 e. The van der Waals surface area contributed by atoms with Crippen molar-refractivity contribution >= 4 is 5.91 Å². The maximum Gasteiger partial charge on any atom is 0.261 e. The first-order chi connectivity index (χ1) is 13.8. The summed E-state index contributed by atoms with van der Waals surface area (Å²) in [4.78, 5) is 12.9. The molecule has 0 radical (unpaired) electrons. The Morgan fingerprint density at radius 1 is 0.966 bits per heavy atom. The van der Waals surface area contributed by atoms with Crippen molar-refractivity contribution < 1.29 is 19.0 Å². The van der Waals surface area contributed by atoms with Crippen molar-refractivity contribution in [1.82, 2.24) is 5.32 Å². The molecular formula is C24H33NO4. The molecule has 2 atom stereocenters. The standard InChI is InChI=1S/C24H33NO4/c1-8-20(29-22-12-10-9-11-21(22)27-6)24(26)25-17(5)19-14-18(15(2)3)23(28-7)13-16(19)4/h9-15,17,20H,8H2,1-7H3,(H,25,26). The van der Waals surface area contributed by atoms with Crippen LogP contribution in [0.1, 0.15) is 62.8 Å². The highest BCUT2D eigenvalue weighted by atomic mass is 16.5. The average molecular weight is 400 g/mol. The summed E-state index contributed by atoms with van der Waals surface area (Å²) in [5, 5.41) is 3.10. The molecular weight excluding hydrogens is 366 g/mol. The van der Waals surface area contributed by atoms with Gasteiger partial charge >= 0.3 is 0 Å². The minimum absolute atomic E-state index is 0.146. The molecule has 2 unspecified atom stereocenters. The Kier molecular flexibility index (Phi) is 7.94. The van der Waals surface area contributed by atoms with E-state index in [9.17, 15) is 4.79 Å². The van der Waals surface area contributed by atoms with Crippen molar-refractivity contribution in [3.05, 3.63) is 53.1 Å². The fraction of sp³-hybridized carbons (Fsp3) is 0.458. The summed E-state index contributed by atoms with van der Waals surface area (Å²) in [7, 11) is 3.27. The van der Waals surface area contributed by atoms with Crippen LogP contribution in [0.5, 0.6) is 17.2 Å². The summed E-state index contributed by atoms with van der Waals surface area (Å²) < 4.78 is 16.8. The lowest BCUT2D eigenvalue weighted by Gasteiger charge is -2.24. The highest BCUT2D eigenvalue weighted by molar-refractivity contribution is 5.81. The number of amides is 1. The lowest BCUT2D eigenvalue weighted by atomic mass is 9.93. The summed E-state index contributed by atoms with van der Waals surface area (Å²) in [6.07, 6.45) is -0.0491. The first kappa shape index (κ1) is 22.6. The van der Waals surface area contributed by atoms with Crippen molar-refractivity contribution in [3.8, 4) is 17.2 Å². The Hall–Kier alpha value is -2.69. The van der Waals surface area contributed by atoms with Gasteiger partial charge in [0.2, 0.25) is 0 Å². The summed E-state index contributed by atoms with van der Waals surface area (Å²) in [5.41, 5.74) is 3.29. The SMILES string of the molecule is CCC(Oc1ccccc1OC)C(=O)NC(C)c1cc(C(C)C)c(OC)cc1C. The van der Waals surface area contributed by atoms with Crippen LogP contribution in [-0.4, -0.2) is 26.2 Å². The molecule has 29 heavy (non-hydrogen) atoms. The van der Waals surface area contributed by atoms with E-state index in [2.05, 4.69) is 25.2 Å². The third kappa shape index (κ3) is 5.43. The fourth-order valence-corrected chi connectivity index (χ4v) is 3.39. The van der Waals surface area contributed by atoms with Gasteiger partial charge in [-0.3, -0.25) is 4.79 Å². The van der Waals surface area contributed by atoms with Gasteiger partial charge in [-0.2, -0.15) is 0 Å². The minimum atomic E-state index is -0.600. The topological polar surface area (TPSA) is 56.8 Å². The zero-order valence-electron chi connectivity index (χ0n) is 18.5. The van der Waals surface area contributed by atoms with Gasteiger partial charge in [-0.15, -0.1) is 0 Å². The maximum atomic E-state index is 12.9. The molecule has 0 aliphatic carbocycles. The molecule has 2 aromatic carbocycles. The second-order valence-electron chi connectivity index (χ2n) is 7.50. The molecule has 0 saturated carbocycles. The van der Waals surface area contributed by atoms with Gasteiger partial charge in [0.1, 0.15) is 5.75 Å². The van der Waals surface area contributed by atoms with Crippen LogP contribution >= 0.6 is 0 Å². The third-order valence-electron chi connectivity index (χ3n) is 5.07. The molecule has 0 fully saturated rings. The maximum absolute atomic E-state index is 12.9. The van der Waals surface area contributed by atoms with Crippen molar-refractivity contribution in [2.24, 2.45) is 0 Å². The quantitative estimate of drug-likeness (QED) is 0.632. The van der Waals surface area contributed by atoms with Crippen LogP contribution in [0, 0.1) is 6.92 Å². The Morgan fingerprint density at radius 3 is 2.14 bits per heavy atom. The number of carbonyl (C=O) groups is 1. The molecule has 2 rings (SSSR count). The molecule has 0 bridgehead atoms. The predicted octanol–water partition coefficient (Wildman–Crippen LogP) is 5.17. The van der Waals surface area contributed by atoms with Gasteiger partial charge in [0.15, 0.2) is 17.6 Å². The molecule has 158 valence electrons. The Bertz CT molecular complexity index is 832. The second kappa shape index (κ2) is 10.2. The predicted molar refractivity (Wildman–Crippen MR) is 116 cm³/mol. The van der Waals surface area contributed by atoms with Gasteiger partial charge in [-0.25, -0.2) is 0 Å². The first-order valence-electron chi connectivity index (χ1n) is 10.1. The summed E-state index contributed by atoms with van der Waals surface area (Å²) in [5.74, 6) is 2.23. The van der Waals surface area contributed by atoms with E-state index in [1.165, 1.54) is 0 Å². The normalized spacial score (nSPS) is 13.0. The van der Waals surface area contributed by atoms with E-state index in [0.29, 0.717) is 23.8 Å². The van der Waals surface area contributed by atoms with E-state index in [0.717, 1.165) is 22.4 Å². The van der Waals surface area contributed by atoms with Gasteiger partial charge in [-0.05, 0) is 67.1 Å². The number of para-hydroxylation sites is 2. The lowest BCUT2D eigenvalue weighted by Crippen LogP contribution is -2.39. The summed E-state index contributed by atoms with van der Waals surface area (Å²) in [6, 6.07) is 11.4. The van der Waals surface area contributed by atoms with E-state index in [4.69, 9.17) is 14.2 Å². The molecule has 0 aromatic heterocycles. The number of aryl methyl sites for hydroxylation is 1. The van der Waals surface area contributed by atoms with E-state index in [-0.39, 0.29) is 11.9 Å². The highest BCUT2D eigenvalue weighted by Gasteiger charge is 2.23. The number of nitrogens with one attached hydrogen (secondary N) is 1. The molecule has 0 spiro atoms. The van der Waals surface area contributed by atoms with Crippen LogP contribution in [0.15, 0.2) is 36.4 Å². The zero-order valence-corrected chi connectivity index (χ0v) is 18.5. The number of hydrogen-bond donors (Lipinski definition) is 1. The first-order valence-corrected chi connectivity index (χ1v) is 10.1. The van der Waals surface area contributed by atoms with E-state index >= 15 is 0 Å². The monoisotopic (exact) mass is 399 g/mol. The van der Waals surface area contributed by atoms with Crippen LogP contribution in [-0.2, 0) is 4.79 Å². The number of ether oxygens (including phenoxy) is 3. The van der Waals surface area contributed by atoms with Crippen LogP contribution in [0.25, 0.3) is 0 Å². The van der Waals surface area contributed by atoms with Gasteiger partial charge in [0.25, 0.3) is 5.91 Å². The number of benzene rings is 2. The van der Waals surface area contributed by atoms with Gasteiger partial charge in [-0.1, -0.05) is 32.9 Å². The van der Waals surface area contributed by atoms with Gasteiger partial charge < -0.3 is 19.5 Å². The third-order valence-corrected chi connectivity index (χ3v) is 5.07. The lowest BCUT2D eigenvalue weighted by molar-refractivity contribution is -0.128. The molecule has 5 nitrogen and oxygen atoms in total.